The van der Waals surface area contributed by atoms with Crippen molar-refractivity contribution in [2.24, 2.45) is 0 Å². The lowest BCUT2D eigenvalue weighted by Gasteiger charge is -2.13. The first-order valence-corrected chi connectivity index (χ1v) is 7.86. The molecule has 0 fully saturated rings. The number of aryl methyl sites for hydroxylation is 2. The van der Waals surface area contributed by atoms with E-state index in [-0.39, 0.29) is 5.91 Å². The van der Waals surface area contributed by atoms with Crippen LogP contribution < -0.4 is 5.32 Å². The molecule has 1 amide bonds. The fourth-order valence-electron chi connectivity index (χ4n) is 3.40. The lowest BCUT2D eigenvalue weighted by atomic mass is 10.2. The van der Waals surface area contributed by atoms with Crippen molar-refractivity contribution in [3.05, 3.63) is 34.7 Å². The van der Waals surface area contributed by atoms with Gasteiger partial charge in [-0.2, -0.15) is 0 Å². The summed E-state index contributed by atoms with van der Waals surface area (Å²) in [5.41, 5.74) is 2.87. The molecule has 2 aromatic heterocycles. The summed E-state index contributed by atoms with van der Waals surface area (Å²) in [5, 5.41) is 11.3. The van der Waals surface area contributed by atoms with E-state index in [2.05, 4.69) is 38.5 Å². The van der Waals surface area contributed by atoms with Crippen molar-refractivity contribution in [1.82, 2.24) is 24.6 Å². The van der Waals surface area contributed by atoms with E-state index in [0.29, 0.717) is 12.6 Å². The predicted octanol–water partition coefficient (Wildman–Crippen LogP) is 2.15. The Hall–Kier alpha value is -2.11. The zero-order chi connectivity index (χ0) is 15.9. The molecule has 22 heavy (non-hydrogen) atoms. The van der Waals surface area contributed by atoms with Gasteiger partial charge in [-0.1, -0.05) is 0 Å². The molecule has 6 heteroatoms. The zero-order valence-corrected chi connectivity index (χ0v) is 13.7. The third kappa shape index (κ3) is 2.42. The van der Waals surface area contributed by atoms with Crippen LogP contribution in [0.25, 0.3) is 0 Å². The minimum atomic E-state index is -0.0460. The van der Waals surface area contributed by atoms with Crippen LogP contribution in [0.2, 0.25) is 0 Å². The molecule has 0 radical (unpaired) electrons. The first-order chi connectivity index (χ1) is 10.5. The molecule has 0 bridgehead atoms. The summed E-state index contributed by atoms with van der Waals surface area (Å²) in [6, 6.07) is 2.31. The maximum absolute atomic E-state index is 12.5. The molecule has 0 saturated carbocycles. The smallest absolute Gasteiger partial charge is 0.253 e. The number of rotatable bonds is 4. The van der Waals surface area contributed by atoms with E-state index in [0.717, 1.165) is 48.0 Å². The predicted molar refractivity (Wildman–Crippen MR) is 83.8 cm³/mol. The minimum absolute atomic E-state index is 0.0460. The number of carbonyl (C=O) groups excluding carboxylic acids is 1. The number of nitrogens with zero attached hydrogens (tertiary/aromatic N) is 4. The van der Waals surface area contributed by atoms with Gasteiger partial charge in [0.05, 0.1) is 12.1 Å². The average molecular weight is 301 g/mol. The van der Waals surface area contributed by atoms with Crippen LogP contribution in [-0.2, 0) is 19.5 Å². The molecule has 0 aliphatic carbocycles. The third-order valence-electron chi connectivity index (χ3n) is 4.34. The fraction of sp³-hybridized carbons (Fsp3) is 0.562. The summed E-state index contributed by atoms with van der Waals surface area (Å²) in [7, 11) is 0. The van der Waals surface area contributed by atoms with Crippen molar-refractivity contribution in [2.75, 3.05) is 0 Å². The number of hydrogen-bond donors (Lipinski definition) is 1. The van der Waals surface area contributed by atoms with Crippen LogP contribution in [0.4, 0.5) is 0 Å². The Morgan fingerprint density at radius 1 is 1.36 bits per heavy atom. The Morgan fingerprint density at radius 3 is 2.82 bits per heavy atom. The normalized spacial score (nSPS) is 13.7. The summed E-state index contributed by atoms with van der Waals surface area (Å²) in [4.78, 5) is 12.5. The van der Waals surface area contributed by atoms with Crippen molar-refractivity contribution < 1.29 is 4.79 Å². The Morgan fingerprint density at radius 2 is 2.14 bits per heavy atom. The first kappa shape index (κ1) is 14.8. The molecule has 1 aliphatic rings. The largest absolute Gasteiger partial charge is 0.346 e. The molecular weight excluding hydrogens is 278 g/mol. The highest BCUT2D eigenvalue weighted by Gasteiger charge is 2.20. The van der Waals surface area contributed by atoms with Crippen LogP contribution in [0.1, 0.15) is 59.7 Å². The van der Waals surface area contributed by atoms with Crippen LogP contribution in [0, 0.1) is 13.8 Å². The summed E-state index contributed by atoms with van der Waals surface area (Å²) in [6.45, 7) is 9.67. The van der Waals surface area contributed by atoms with Gasteiger partial charge in [0, 0.05) is 30.4 Å². The SMILES string of the molecule is Cc1cc(C(=O)NCc2nnc3n2CCC3)c(C)n1C(C)C. The lowest BCUT2D eigenvalue weighted by Crippen LogP contribution is -2.25. The second-order valence-electron chi connectivity index (χ2n) is 6.22. The molecular formula is C16H23N5O. The van der Waals surface area contributed by atoms with Gasteiger partial charge >= 0.3 is 0 Å². The standard InChI is InChI=1S/C16H23N5O/c1-10(2)21-11(3)8-13(12(21)4)16(22)17-9-15-19-18-14-6-5-7-20(14)15/h8,10H,5-7,9H2,1-4H3,(H,17,22). The Kier molecular flexibility index (Phi) is 3.76. The summed E-state index contributed by atoms with van der Waals surface area (Å²) < 4.78 is 4.29. The molecule has 0 unspecified atom stereocenters. The molecule has 0 aromatic carbocycles. The van der Waals surface area contributed by atoms with Crippen molar-refractivity contribution in [3.63, 3.8) is 0 Å². The lowest BCUT2D eigenvalue weighted by molar-refractivity contribution is 0.0948. The highest BCUT2D eigenvalue weighted by Crippen LogP contribution is 2.20. The van der Waals surface area contributed by atoms with E-state index in [1.807, 2.05) is 19.9 Å². The summed E-state index contributed by atoms with van der Waals surface area (Å²) >= 11 is 0. The fourth-order valence-corrected chi connectivity index (χ4v) is 3.40. The van der Waals surface area contributed by atoms with Crippen LogP contribution in [-0.4, -0.2) is 25.2 Å². The highest BCUT2D eigenvalue weighted by atomic mass is 16.1. The monoisotopic (exact) mass is 301 g/mol. The summed E-state index contributed by atoms with van der Waals surface area (Å²) in [6.07, 6.45) is 2.10. The van der Waals surface area contributed by atoms with Crippen LogP contribution in [0.5, 0.6) is 0 Å². The van der Waals surface area contributed by atoms with Crippen molar-refractivity contribution in [2.45, 2.75) is 59.7 Å². The van der Waals surface area contributed by atoms with Crippen LogP contribution in [0.15, 0.2) is 6.07 Å². The molecule has 118 valence electrons. The van der Waals surface area contributed by atoms with Gasteiger partial charge in [0.2, 0.25) is 0 Å². The first-order valence-electron chi connectivity index (χ1n) is 7.86. The Balaban J connectivity index is 1.74. The zero-order valence-electron chi connectivity index (χ0n) is 13.7. The van der Waals surface area contributed by atoms with Crippen LogP contribution in [0.3, 0.4) is 0 Å². The van der Waals surface area contributed by atoms with Gasteiger partial charge in [-0.15, -0.1) is 10.2 Å². The van der Waals surface area contributed by atoms with E-state index in [1.54, 1.807) is 0 Å². The second-order valence-corrected chi connectivity index (χ2v) is 6.22. The maximum atomic E-state index is 12.5. The molecule has 6 nitrogen and oxygen atoms in total. The molecule has 1 N–H and O–H groups in total. The second kappa shape index (κ2) is 5.59. The van der Waals surface area contributed by atoms with Crippen molar-refractivity contribution >= 4 is 5.91 Å². The molecule has 0 atom stereocenters. The van der Waals surface area contributed by atoms with Gasteiger partial charge in [0.15, 0.2) is 5.82 Å². The molecule has 0 spiro atoms. The molecule has 3 heterocycles. The van der Waals surface area contributed by atoms with Gasteiger partial charge < -0.3 is 14.5 Å². The topological polar surface area (TPSA) is 64.7 Å². The molecule has 1 aliphatic heterocycles. The Bertz CT molecular complexity index is 710. The number of aromatic nitrogens is 4. The van der Waals surface area contributed by atoms with E-state index in [4.69, 9.17) is 0 Å². The van der Waals surface area contributed by atoms with Gasteiger partial charge in [-0.3, -0.25) is 4.79 Å². The highest BCUT2D eigenvalue weighted by molar-refractivity contribution is 5.95. The third-order valence-corrected chi connectivity index (χ3v) is 4.34. The van der Waals surface area contributed by atoms with E-state index in [1.165, 1.54) is 0 Å². The quantitative estimate of drug-likeness (QED) is 0.941. The van der Waals surface area contributed by atoms with Crippen molar-refractivity contribution in [3.8, 4) is 0 Å². The number of hydrogen-bond acceptors (Lipinski definition) is 3. The Labute approximate surface area is 130 Å². The van der Waals surface area contributed by atoms with E-state index in [9.17, 15) is 4.79 Å². The number of nitrogens with one attached hydrogen (secondary N) is 1. The van der Waals surface area contributed by atoms with Gasteiger partial charge in [-0.05, 0) is 40.2 Å². The number of fused-ring (bicyclic) bond motifs is 1. The summed E-state index contributed by atoms with van der Waals surface area (Å²) in [5.74, 6) is 1.83. The van der Waals surface area contributed by atoms with Gasteiger partial charge in [-0.25, -0.2) is 0 Å². The van der Waals surface area contributed by atoms with Crippen molar-refractivity contribution in [1.29, 1.82) is 0 Å². The molecule has 2 aromatic rings. The average Bonchev–Trinajstić information content (AvgIpc) is 3.11. The number of carbonyl (C=O) groups is 1. The van der Waals surface area contributed by atoms with E-state index < -0.39 is 0 Å². The van der Waals surface area contributed by atoms with Gasteiger partial charge in [0.25, 0.3) is 5.91 Å². The van der Waals surface area contributed by atoms with Crippen LogP contribution >= 0.6 is 0 Å². The molecule has 3 rings (SSSR count). The maximum Gasteiger partial charge on any atom is 0.253 e. The minimum Gasteiger partial charge on any atom is -0.346 e. The van der Waals surface area contributed by atoms with E-state index >= 15 is 0 Å². The number of amides is 1. The van der Waals surface area contributed by atoms with Gasteiger partial charge in [0.1, 0.15) is 5.82 Å². The molecule has 0 saturated heterocycles.